The largest absolute Gasteiger partial charge is 0.425 e. The summed E-state index contributed by atoms with van der Waals surface area (Å²) in [5, 5.41) is 22.4. The maximum absolute atomic E-state index is 5.43. The van der Waals surface area contributed by atoms with E-state index < -0.39 is 0 Å². The van der Waals surface area contributed by atoms with E-state index in [0.717, 1.165) is 47.8 Å². The number of nitrogens with zero attached hydrogens (tertiary/aromatic N) is 6. The fourth-order valence-corrected chi connectivity index (χ4v) is 3.86. The molecule has 0 aromatic carbocycles. The standard InChI is InChI=1S/2C9H16N2O.C9H16N2S.3CH4/c1-6(2)5-8-10-11-9(12-8)7(3)4;1-6(2)5-8-10-9(7(3)4)11-12-8;1-6(2)5-8-10-11-9(12-8)7(3)4;;;/h3*6-7H,5H2,1-4H3;3*1H4. The second-order valence-electron chi connectivity index (χ2n) is 11.4. The quantitative estimate of drug-likeness (QED) is 0.251. The lowest BCUT2D eigenvalue weighted by molar-refractivity contribution is 0.357. The molecule has 0 amide bonds. The molecule has 0 radical (unpaired) electrons. The van der Waals surface area contributed by atoms with Gasteiger partial charge < -0.3 is 8.94 Å². The van der Waals surface area contributed by atoms with Crippen molar-refractivity contribution in [3.8, 4) is 0 Å². The van der Waals surface area contributed by atoms with Crippen LogP contribution in [0, 0.1) is 17.8 Å². The Hall–Kier alpha value is -2.16. The van der Waals surface area contributed by atoms with Crippen molar-refractivity contribution in [1.29, 1.82) is 0 Å². The highest BCUT2D eigenvalue weighted by Crippen LogP contribution is 2.20. The van der Waals surface area contributed by atoms with Gasteiger partial charge in [-0.25, -0.2) is 0 Å². The SMILES string of the molecule is C.C.C.CC(C)Cc1nc(C(C)C)no1.CC(C)Cc1nnc(C(C)C)o1.CC(C)Cc1nnc(C(C)C)s1. The Morgan fingerprint density at radius 2 is 1.13 bits per heavy atom. The average molecular weight is 569 g/mol. The fraction of sp³-hybridized carbons (Fsp3) is 0.800. The summed E-state index contributed by atoms with van der Waals surface area (Å²) in [6.45, 7) is 25.5. The first kappa shape index (κ1) is 41.3. The first-order chi connectivity index (χ1) is 16.8. The highest BCUT2D eigenvalue weighted by molar-refractivity contribution is 7.11. The first-order valence-electron chi connectivity index (χ1n) is 13.2. The van der Waals surface area contributed by atoms with Gasteiger partial charge in [-0.2, -0.15) is 4.98 Å². The van der Waals surface area contributed by atoms with Crippen LogP contribution in [0.4, 0.5) is 0 Å². The third-order valence-corrected chi connectivity index (χ3v) is 5.95. The zero-order chi connectivity index (χ0) is 27.4. The van der Waals surface area contributed by atoms with E-state index in [1.54, 1.807) is 11.3 Å². The molecule has 0 aliphatic rings. The summed E-state index contributed by atoms with van der Waals surface area (Å²) in [5.74, 6) is 6.10. The van der Waals surface area contributed by atoms with E-state index in [-0.39, 0.29) is 22.3 Å². The molecule has 0 spiro atoms. The van der Waals surface area contributed by atoms with Crippen molar-refractivity contribution < 1.29 is 8.94 Å². The minimum Gasteiger partial charge on any atom is -0.425 e. The lowest BCUT2D eigenvalue weighted by Crippen LogP contribution is -1.95. The highest BCUT2D eigenvalue weighted by Gasteiger charge is 2.11. The molecule has 3 aromatic rings. The summed E-state index contributed by atoms with van der Waals surface area (Å²) in [7, 11) is 0. The van der Waals surface area contributed by atoms with Crippen molar-refractivity contribution in [2.24, 2.45) is 17.8 Å². The van der Waals surface area contributed by atoms with E-state index in [1.807, 2.05) is 13.8 Å². The van der Waals surface area contributed by atoms with Crippen LogP contribution in [0.15, 0.2) is 8.94 Å². The van der Waals surface area contributed by atoms with Crippen molar-refractivity contribution in [2.45, 2.75) is 142 Å². The van der Waals surface area contributed by atoms with E-state index in [4.69, 9.17) is 8.94 Å². The minimum atomic E-state index is 0. The molecule has 3 aromatic heterocycles. The van der Waals surface area contributed by atoms with Crippen LogP contribution in [0.3, 0.4) is 0 Å². The van der Waals surface area contributed by atoms with Crippen molar-refractivity contribution in [3.05, 3.63) is 33.5 Å². The molecule has 0 saturated heterocycles. The highest BCUT2D eigenvalue weighted by atomic mass is 32.1. The Labute approximate surface area is 244 Å². The summed E-state index contributed by atoms with van der Waals surface area (Å²) in [5.41, 5.74) is 0. The number of hydrogen-bond donors (Lipinski definition) is 0. The molecular formula is C30H60N6O2S. The molecule has 9 heteroatoms. The summed E-state index contributed by atoms with van der Waals surface area (Å²) < 4.78 is 10.5. The molecule has 3 heterocycles. The molecule has 0 saturated carbocycles. The van der Waals surface area contributed by atoms with Crippen LogP contribution < -0.4 is 0 Å². The van der Waals surface area contributed by atoms with E-state index >= 15 is 0 Å². The zero-order valence-electron chi connectivity index (χ0n) is 24.5. The second-order valence-corrected chi connectivity index (χ2v) is 12.5. The van der Waals surface area contributed by atoms with Crippen LogP contribution >= 0.6 is 11.3 Å². The zero-order valence-corrected chi connectivity index (χ0v) is 25.3. The molecule has 3 rings (SSSR count). The number of aromatic nitrogens is 6. The summed E-state index contributed by atoms with van der Waals surface area (Å²) in [4.78, 5) is 4.27. The summed E-state index contributed by atoms with van der Waals surface area (Å²) >= 11 is 1.75. The Morgan fingerprint density at radius 3 is 1.51 bits per heavy atom. The van der Waals surface area contributed by atoms with Crippen LogP contribution in [-0.4, -0.2) is 30.5 Å². The van der Waals surface area contributed by atoms with E-state index in [9.17, 15) is 0 Å². The van der Waals surface area contributed by atoms with Crippen LogP contribution in [0.2, 0.25) is 0 Å². The van der Waals surface area contributed by atoms with E-state index in [0.29, 0.717) is 35.5 Å². The lowest BCUT2D eigenvalue weighted by Gasteiger charge is -1.98. The molecule has 0 aliphatic carbocycles. The molecule has 0 aliphatic heterocycles. The van der Waals surface area contributed by atoms with Crippen molar-refractivity contribution >= 4 is 11.3 Å². The third-order valence-electron chi connectivity index (χ3n) is 4.70. The van der Waals surface area contributed by atoms with Gasteiger partial charge in [0.05, 0.1) is 0 Å². The van der Waals surface area contributed by atoms with Crippen molar-refractivity contribution in [2.75, 3.05) is 0 Å². The maximum Gasteiger partial charge on any atom is 0.226 e. The Kier molecular flexibility index (Phi) is 21.9. The molecule has 8 nitrogen and oxygen atoms in total. The van der Waals surface area contributed by atoms with Gasteiger partial charge in [-0.15, -0.1) is 31.7 Å². The van der Waals surface area contributed by atoms with Gasteiger partial charge in [-0.3, -0.25) is 0 Å². The molecular weight excluding hydrogens is 508 g/mol. The molecule has 0 N–H and O–H groups in total. The Morgan fingerprint density at radius 1 is 0.590 bits per heavy atom. The molecule has 0 unspecified atom stereocenters. The van der Waals surface area contributed by atoms with E-state index in [1.165, 1.54) is 5.01 Å². The monoisotopic (exact) mass is 568 g/mol. The van der Waals surface area contributed by atoms with Gasteiger partial charge in [-0.05, 0) is 17.8 Å². The van der Waals surface area contributed by atoms with Gasteiger partial charge in [-0.1, -0.05) is 111 Å². The van der Waals surface area contributed by atoms with Crippen molar-refractivity contribution in [3.63, 3.8) is 0 Å². The number of rotatable bonds is 9. The summed E-state index contributed by atoms with van der Waals surface area (Å²) in [6, 6.07) is 0. The topological polar surface area (TPSA) is 104 Å². The number of hydrogen-bond acceptors (Lipinski definition) is 9. The van der Waals surface area contributed by atoms with Gasteiger partial charge >= 0.3 is 0 Å². The van der Waals surface area contributed by atoms with Gasteiger partial charge in [0, 0.05) is 37.0 Å². The van der Waals surface area contributed by atoms with Gasteiger partial charge in [0.2, 0.25) is 17.7 Å². The smallest absolute Gasteiger partial charge is 0.226 e. The Bertz CT molecular complexity index is 849. The molecule has 0 bridgehead atoms. The normalized spacial score (nSPS) is 10.6. The summed E-state index contributed by atoms with van der Waals surface area (Å²) in [6.07, 6.45) is 2.81. The Balaban J connectivity index is -0.000000480. The van der Waals surface area contributed by atoms with E-state index in [2.05, 4.69) is 99.8 Å². The second kappa shape index (κ2) is 20.7. The van der Waals surface area contributed by atoms with Crippen molar-refractivity contribution in [1.82, 2.24) is 30.5 Å². The maximum atomic E-state index is 5.43. The van der Waals surface area contributed by atoms with Gasteiger partial charge in [0.25, 0.3) is 0 Å². The van der Waals surface area contributed by atoms with Crippen LogP contribution in [0.25, 0.3) is 0 Å². The fourth-order valence-electron chi connectivity index (χ4n) is 2.80. The lowest BCUT2D eigenvalue weighted by atomic mass is 10.1. The van der Waals surface area contributed by atoms with Crippen LogP contribution in [-0.2, 0) is 19.3 Å². The predicted octanol–water partition coefficient (Wildman–Crippen LogP) is 9.55. The van der Waals surface area contributed by atoms with Crippen LogP contribution in [0.5, 0.6) is 0 Å². The average Bonchev–Trinajstić information content (AvgIpc) is 3.49. The third kappa shape index (κ3) is 17.2. The first-order valence-corrected chi connectivity index (χ1v) is 14.1. The van der Waals surface area contributed by atoms with Crippen LogP contribution in [0.1, 0.15) is 157 Å². The molecule has 0 fully saturated rings. The predicted molar refractivity (Wildman–Crippen MR) is 167 cm³/mol. The molecule has 228 valence electrons. The molecule has 0 atom stereocenters. The van der Waals surface area contributed by atoms with Gasteiger partial charge in [0.15, 0.2) is 5.82 Å². The minimum absolute atomic E-state index is 0. The molecule has 39 heavy (non-hydrogen) atoms. The van der Waals surface area contributed by atoms with Gasteiger partial charge in [0.1, 0.15) is 10.0 Å².